The van der Waals surface area contributed by atoms with Crippen molar-refractivity contribution >= 4 is 28.1 Å². The maximum absolute atomic E-state index is 12.2. The summed E-state index contributed by atoms with van der Waals surface area (Å²) in [5, 5.41) is 10.9. The van der Waals surface area contributed by atoms with Gasteiger partial charge in [-0.15, -0.1) is 0 Å². The monoisotopic (exact) mass is 412 g/mol. The van der Waals surface area contributed by atoms with Crippen molar-refractivity contribution in [3.8, 4) is 17.0 Å². The van der Waals surface area contributed by atoms with Gasteiger partial charge in [0, 0.05) is 5.56 Å². The molecular weight excluding hydrogens is 396 g/mol. The van der Waals surface area contributed by atoms with E-state index in [9.17, 15) is 4.79 Å². The number of hydrazone groups is 1. The number of benzene rings is 2. The van der Waals surface area contributed by atoms with E-state index in [2.05, 4.69) is 36.7 Å². The number of methoxy groups -OCH3 is 1. The smallest absolute Gasteiger partial charge is 0.289 e. The Bertz CT molecular complexity index is 948. The Morgan fingerprint density at radius 1 is 1.23 bits per heavy atom. The number of amides is 1. The highest BCUT2D eigenvalue weighted by Crippen LogP contribution is 2.24. The minimum atomic E-state index is -0.361. The van der Waals surface area contributed by atoms with Gasteiger partial charge in [0.15, 0.2) is 0 Å². The summed E-state index contributed by atoms with van der Waals surface area (Å²) in [4.78, 5) is 12.2. The molecule has 0 aliphatic carbocycles. The Balaban J connectivity index is 1.65. The molecular formula is C19H17BrN4O2. The molecule has 0 atom stereocenters. The number of hydrogen-bond acceptors (Lipinski definition) is 4. The van der Waals surface area contributed by atoms with E-state index in [4.69, 9.17) is 4.74 Å². The van der Waals surface area contributed by atoms with Crippen LogP contribution in [0.1, 0.15) is 21.6 Å². The van der Waals surface area contributed by atoms with Crippen molar-refractivity contribution in [2.45, 2.75) is 6.92 Å². The Kier molecular flexibility index (Phi) is 5.48. The molecule has 0 radical (unpaired) electrons. The molecule has 6 nitrogen and oxygen atoms in total. The average Bonchev–Trinajstić information content (AvgIpc) is 3.12. The number of aromatic amines is 1. The highest BCUT2D eigenvalue weighted by atomic mass is 79.9. The highest BCUT2D eigenvalue weighted by Gasteiger charge is 2.10. The molecule has 2 aromatic carbocycles. The molecule has 3 aromatic rings. The number of ether oxygens (including phenoxy) is 1. The second kappa shape index (κ2) is 7.97. The van der Waals surface area contributed by atoms with Gasteiger partial charge in [-0.05, 0) is 52.7 Å². The number of halogens is 1. The Hall–Kier alpha value is -2.93. The molecule has 1 amide bonds. The van der Waals surface area contributed by atoms with Gasteiger partial charge >= 0.3 is 0 Å². The summed E-state index contributed by atoms with van der Waals surface area (Å²) in [6.45, 7) is 2.02. The van der Waals surface area contributed by atoms with E-state index in [1.54, 1.807) is 19.4 Å². The molecule has 0 unspecified atom stereocenters. The van der Waals surface area contributed by atoms with Gasteiger partial charge in [-0.25, -0.2) is 5.43 Å². The normalized spacial score (nSPS) is 10.9. The zero-order chi connectivity index (χ0) is 18.5. The SMILES string of the molecule is COc1ccc(C=NNC(=O)c2cc(-c3ccc(C)cc3)n[nH]2)cc1Br. The summed E-state index contributed by atoms with van der Waals surface area (Å²) in [6.07, 6.45) is 1.55. The summed E-state index contributed by atoms with van der Waals surface area (Å²) in [7, 11) is 1.60. The molecule has 7 heteroatoms. The van der Waals surface area contributed by atoms with E-state index in [0.29, 0.717) is 11.4 Å². The average molecular weight is 413 g/mol. The minimum absolute atomic E-state index is 0.341. The van der Waals surface area contributed by atoms with Crippen molar-refractivity contribution in [1.82, 2.24) is 15.6 Å². The van der Waals surface area contributed by atoms with Gasteiger partial charge in [0.05, 0.1) is 23.5 Å². The van der Waals surface area contributed by atoms with Gasteiger partial charge in [0.2, 0.25) is 0 Å². The van der Waals surface area contributed by atoms with Crippen LogP contribution >= 0.6 is 15.9 Å². The summed E-state index contributed by atoms with van der Waals surface area (Å²) in [5.41, 5.74) is 6.46. The van der Waals surface area contributed by atoms with Crippen molar-refractivity contribution in [1.29, 1.82) is 0 Å². The fourth-order valence-corrected chi connectivity index (χ4v) is 2.86. The van der Waals surface area contributed by atoms with Crippen LogP contribution in [-0.4, -0.2) is 29.4 Å². The maximum atomic E-state index is 12.2. The van der Waals surface area contributed by atoms with Gasteiger partial charge < -0.3 is 4.74 Å². The molecule has 0 aliphatic rings. The van der Waals surface area contributed by atoms with E-state index in [-0.39, 0.29) is 5.91 Å². The highest BCUT2D eigenvalue weighted by molar-refractivity contribution is 9.10. The number of nitrogens with zero attached hydrogens (tertiary/aromatic N) is 2. The third kappa shape index (κ3) is 4.18. The second-order valence-electron chi connectivity index (χ2n) is 5.63. The first-order chi connectivity index (χ1) is 12.6. The predicted octanol–water partition coefficient (Wildman–Crippen LogP) is 3.92. The van der Waals surface area contributed by atoms with Crippen LogP contribution in [0.5, 0.6) is 5.75 Å². The standard InChI is InChI=1S/C19H17BrN4O2/c1-12-3-6-14(7-4-12)16-10-17(23-22-16)19(25)24-21-11-13-5-8-18(26-2)15(20)9-13/h3-11H,1-2H3,(H,22,23)(H,24,25). The van der Waals surface area contributed by atoms with E-state index in [0.717, 1.165) is 21.3 Å². The van der Waals surface area contributed by atoms with Crippen molar-refractivity contribution in [2.24, 2.45) is 5.10 Å². The van der Waals surface area contributed by atoms with Gasteiger partial charge in [-0.2, -0.15) is 10.2 Å². The van der Waals surface area contributed by atoms with Crippen LogP contribution in [-0.2, 0) is 0 Å². The molecule has 132 valence electrons. The number of rotatable bonds is 5. The van der Waals surface area contributed by atoms with Crippen LogP contribution in [0.3, 0.4) is 0 Å². The molecule has 26 heavy (non-hydrogen) atoms. The zero-order valence-electron chi connectivity index (χ0n) is 14.3. The first-order valence-corrected chi connectivity index (χ1v) is 8.65. The number of aromatic nitrogens is 2. The predicted molar refractivity (Wildman–Crippen MR) is 105 cm³/mol. The number of nitrogens with one attached hydrogen (secondary N) is 2. The van der Waals surface area contributed by atoms with Gasteiger partial charge in [0.1, 0.15) is 11.4 Å². The van der Waals surface area contributed by atoms with Crippen LogP contribution in [0.2, 0.25) is 0 Å². The molecule has 0 saturated heterocycles. The Morgan fingerprint density at radius 2 is 2.00 bits per heavy atom. The number of carbonyl (C=O) groups excluding carboxylic acids is 1. The van der Waals surface area contributed by atoms with E-state index in [1.165, 1.54) is 5.56 Å². The van der Waals surface area contributed by atoms with Gasteiger partial charge in [-0.3, -0.25) is 9.89 Å². The topological polar surface area (TPSA) is 79.4 Å². The first kappa shape index (κ1) is 17.9. The number of carbonyl (C=O) groups is 1. The van der Waals surface area contributed by atoms with E-state index < -0.39 is 0 Å². The largest absolute Gasteiger partial charge is 0.496 e. The van der Waals surface area contributed by atoms with Crippen LogP contribution in [0.25, 0.3) is 11.3 Å². The van der Waals surface area contributed by atoms with Crippen LogP contribution in [0, 0.1) is 6.92 Å². The molecule has 3 rings (SSSR count). The van der Waals surface area contributed by atoms with E-state index >= 15 is 0 Å². The van der Waals surface area contributed by atoms with Crippen LogP contribution in [0.15, 0.2) is 58.1 Å². The molecule has 1 heterocycles. The van der Waals surface area contributed by atoms with E-state index in [1.807, 2.05) is 49.4 Å². The molecule has 0 fully saturated rings. The minimum Gasteiger partial charge on any atom is -0.496 e. The fourth-order valence-electron chi connectivity index (χ4n) is 2.30. The van der Waals surface area contributed by atoms with Gasteiger partial charge in [0.25, 0.3) is 5.91 Å². The summed E-state index contributed by atoms with van der Waals surface area (Å²) in [5.74, 6) is 0.368. The van der Waals surface area contributed by atoms with Crippen LogP contribution in [0.4, 0.5) is 0 Å². The Labute approximate surface area is 159 Å². The molecule has 0 saturated carbocycles. The molecule has 2 N–H and O–H groups in total. The number of H-pyrrole nitrogens is 1. The lowest BCUT2D eigenvalue weighted by atomic mass is 10.1. The third-order valence-corrected chi connectivity index (χ3v) is 4.35. The molecule has 0 bridgehead atoms. The summed E-state index contributed by atoms with van der Waals surface area (Å²) >= 11 is 3.41. The van der Waals surface area contributed by atoms with Crippen LogP contribution < -0.4 is 10.2 Å². The van der Waals surface area contributed by atoms with Crippen molar-refractivity contribution < 1.29 is 9.53 Å². The number of aryl methyl sites for hydroxylation is 1. The van der Waals surface area contributed by atoms with Gasteiger partial charge in [-0.1, -0.05) is 29.8 Å². The number of hydrogen-bond donors (Lipinski definition) is 2. The fraction of sp³-hybridized carbons (Fsp3) is 0.105. The second-order valence-corrected chi connectivity index (χ2v) is 6.48. The third-order valence-electron chi connectivity index (χ3n) is 3.73. The lowest BCUT2D eigenvalue weighted by Crippen LogP contribution is -2.18. The van der Waals surface area contributed by atoms with Crippen molar-refractivity contribution in [3.63, 3.8) is 0 Å². The Morgan fingerprint density at radius 3 is 2.69 bits per heavy atom. The summed E-state index contributed by atoms with van der Waals surface area (Å²) in [6, 6.07) is 15.1. The molecule has 1 aromatic heterocycles. The lowest BCUT2D eigenvalue weighted by molar-refractivity contribution is 0.0950. The maximum Gasteiger partial charge on any atom is 0.289 e. The quantitative estimate of drug-likeness (QED) is 0.492. The zero-order valence-corrected chi connectivity index (χ0v) is 15.9. The summed E-state index contributed by atoms with van der Waals surface area (Å²) < 4.78 is 5.99. The molecule has 0 spiro atoms. The molecule has 0 aliphatic heterocycles. The van der Waals surface area contributed by atoms with Crippen molar-refractivity contribution in [3.05, 3.63) is 69.8 Å². The lowest BCUT2D eigenvalue weighted by Gasteiger charge is -2.03. The van der Waals surface area contributed by atoms with Crippen molar-refractivity contribution in [2.75, 3.05) is 7.11 Å². The first-order valence-electron chi connectivity index (χ1n) is 7.86.